The molecule has 12 N–H and O–H groups in total. The van der Waals surface area contributed by atoms with Crippen molar-refractivity contribution in [2.45, 2.75) is 71.6 Å². The number of hydrogen-bond donors (Lipinski definition) is 6. The van der Waals surface area contributed by atoms with Gasteiger partial charge in [0, 0.05) is 0 Å². The summed E-state index contributed by atoms with van der Waals surface area (Å²) in [5.41, 5.74) is 32.6. The summed E-state index contributed by atoms with van der Waals surface area (Å²) in [7, 11) is 9.00. The van der Waals surface area contributed by atoms with E-state index in [0.717, 1.165) is 60.8 Å². The molecule has 3 rings (SSSR count). The number of nitrogens with two attached hydrogens (primary N) is 6. The number of carbonyl (C=O) groups is 2. The molecule has 10 heteroatoms. The second kappa shape index (κ2) is 35.3. The summed E-state index contributed by atoms with van der Waals surface area (Å²) >= 11 is 0. The molecule has 0 fully saturated rings. The molecule has 2 aromatic carbocycles. The van der Waals surface area contributed by atoms with E-state index in [1.807, 2.05) is 36.4 Å². The maximum absolute atomic E-state index is 12.4. The van der Waals surface area contributed by atoms with Crippen LogP contribution in [0.2, 0.25) is 0 Å². The van der Waals surface area contributed by atoms with Crippen molar-refractivity contribution in [1.29, 1.82) is 0 Å². The van der Waals surface area contributed by atoms with E-state index >= 15 is 0 Å². The Balaban J connectivity index is -0.000000565. The number of esters is 2. The maximum atomic E-state index is 12.4. The van der Waals surface area contributed by atoms with E-state index in [0.29, 0.717) is 30.8 Å². The molecule has 0 saturated heterocycles. The fourth-order valence-electron chi connectivity index (χ4n) is 4.02. The predicted molar refractivity (Wildman–Crippen MR) is 184 cm³/mol. The SMILES string of the molecule is CCCCCCOC(=O)c1ccc2c(c1)Cc1cc(C(=O)OCCCCCC)ccc1-2.CN.CN.CN.CN.CN.CN. The third kappa shape index (κ3) is 19.1. The summed E-state index contributed by atoms with van der Waals surface area (Å²) in [6.07, 6.45) is 9.38. The minimum absolute atomic E-state index is 0.261. The maximum Gasteiger partial charge on any atom is 0.338 e. The molecule has 0 radical (unpaired) electrons. The molecule has 0 aromatic heterocycles. The third-order valence-electron chi connectivity index (χ3n) is 5.82. The summed E-state index contributed by atoms with van der Waals surface area (Å²) in [5.74, 6) is -0.523. The Morgan fingerprint density at radius 1 is 0.535 bits per heavy atom. The van der Waals surface area contributed by atoms with Crippen LogP contribution in [0.25, 0.3) is 11.1 Å². The molecule has 0 unspecified atom stereocenters. The van der Waals surface area contributed by atoms with E-state index in [1.54, 1.807) is 0 Å². The summed E-state index contributed by atoms with van der Waals surface area (Å²) in [4.78, 5) is 24.8. The molecule has 0 amide bonds. The van der Waals surface area contributed by atoms with Gasteiger partial charge in [0.15, 0.2) is 0 Å². The highest BCUT2D eigenvalue weighted by atomic mass is 16.5. The number of fused-ring (bicyclic) bond motifs is 3. The van der Waals surface area contributed by atoms with Gasteiger partial charge in [-0.1, -0.05) is 64.5 Å². The van der Waals surface area contributed by atoms with Crippen molar-refractivity contribution in [3.8, 4) is 11.1 Å². The molecule has 0 aliphatic heterocycles. The number of benzene rings is 2. The van der Waals surface area contributed by atoms with Gasteiger partial charge in [-0.3, -0.25) is 0 Å². The molecule has 0 heterocycles. The van der Waals surface area contributed by atoms with E-state index in [9.17, 15) is 9.59 Å². The van der Waals surface area contributed by atoms with Crippen LogP contribution in [-0.2, 0) is 15.9 Å². The van der Waals surface area contributed by atoms with Crippen LogP contribution in [0.4, 0.5) is 0 Å². The van der Waals surface area contributed by atoms with Crippen LogP contribution < -0.4 is 34.4 Å². The van der Waals surface area contributed by atoms with Gasteiger partial charge in [0.05, 0.1) is 24.3 Å². The molecule has 2 aromatic rings. The molecule has 0 bridgehead atoms. The lowest BCUT2D eigenvalue weighted by molar-refractivity contribution is 0.0488. The van der Waals surface area contributed by atoms with Gasteiger partial charge in [-0.05, 0) is 108 Å². The average molecular weight is 609 g/mol. The Hall–Kier alpha value is -2.86. The molecule has 1 aliphatic rings. The van der Waals surface area contributed by atoms with Gasteiger partial charge in [0.1, 0.15) is 0 Å². The quantitative estimate of drug-likeness (QED) is 0.128. The molecule has 0 atom stereocenters. The van der Waals surface area contributed by atoms with E-state index in [1.165, 1.54) is 55.1 Å². The Kier molecular flexibility index (Phi) is 38.7. The average Bonchev–Trinajstić information content (AvgIpc) is 3.47. The highest BCUT2D eigenvalue weighted by Crippen LogP contribution is 2.37. The summed E-state index contributed by atoms with van der Waals surface area (Å²) in [6, 6.07) is 11.5. The van der Waals surface area contributed by atoms with Crippen LogP contribution in [-0.4, -0.2) is 67.4 Å². The number of hydrogen-bond acceptors (Lipinski definition) is 10. The molecule has 0 saturated carbocycles. The first kappa shape index (κ1) is 47.1. The summed E-state index contributed by atoms with van der Waals surface area (Å²) in [6.45, 7) is 5.27. The molecular weight excluding hydrogens is 544 g/mol. The van der Waals surface area contributed by atoms with E-state index < -0.39 is 0 Å². The van der Waals surface area contributed by atoms with Crippen LogP contribution in [0, 0.1) is 0 Å². The van der Waals surface area contributed by atoms with Gasteiger partial charge in [0.25, 0.3) is 0 Å². The first-order valence-electron chi connectivity index (χ1n) is 15.2. The fraction of sp³-hybridized carbons (Fsp3) is 0.576. The smallest absolute Gasteiger partial charge is 0.338 e. The third-order valence-corrected chi connectivity index (χ3v) is 5.82. The number of carbonyl (C=O) groups excluding carboxylic acids is 2. The number of unbranched alkanes of at least 4 members (excludes halogenated alkanes) is 6. The lowest BCUT2D eigenvalue weighted by Gasteiger charge is -2.07. The first-order chi connectivity index (χ1) is 21.1. The van der Waals surface area contributed by atoms with Gasteiger partial charge < -0.3 is 43.9 Å². The molecule has 10 nitrogen and oxygen atoms in total. The van der Waals surface area contributed by atoms with Crippen molar-refractivity contribution < 1.29 is 19.1 Å². The highest BCUT2D eigenvalue weighted by Gasteiger charge is 2.22. The predicted octanol–water partition coefficient (Wildman–Crippen LogP) is 4.18. The van der Waals surface area contributed by atoms with E-state index in [4.69, 9.17) is 9.47 Å². The Morgan fingerprint density at radius 2 is 0.860 bits per heavy atom. The van der Waals surface area contributed by atoms with Gasteiger partial charge in [0.2, 0.25) is 0 Å². The van der Waals surface area contributed by atoms with Crippen LogP contribution in [0.15, 0.2) is 36.4 Å². The second-order valence-electron chi connectivity index (χ2n) is 8.31. The molecule has 250 valence electrons. The number of rotatable bonds is 12. The standard InChI is InChI=1S/C27H34O4.6CH5N/c1-3-5-7-9-15-30-26(28)20-11-13-24-22(17-20)19-23-18-21(12-14-25(23)24)27(29)31-16-10-8-6-4-2;6*1-2/h11-14,17-18H,3-10,15-16,19H2,1-2H3;6*2H2,1H3. The largest absolute Gasteiger partial charge is 0.462 e. The minimum atomic E-state index is -0.261. The van der Waals surface area contributed by atoms with E-state index in [-0.39, 0.29) is 11.9 Å². The Labute approximate surface area is 262 Å². The zero-order chi connectivity index (χ0) is 34.1. The zero-order valence-electron chi connectivity index (χ0n) is 28.3. The van der Waals surface area contributed by atoms with Crippen molar-refractivity contribution in [2.24, 2.45) is 34.4 Å². The first-order valence-corrected chi connectivity index (χ1v) is 15.2. The van der Waals surface area contributed by atoms with Gasteiger partial charge in [-0.25, -0.2) is 9.59 Å². The second-order valence-corrected chi connectivity index (χ2v) is 8.31. The van der Waals surface area contributed by atoms with Crippen LogP contribution in [0.3, 0.4) is 0 Å². The number of ether oxygens (including phenoxy) is 2. The lowest BCUT2D eigenvalue weighted by atomic mass is 10.0. The summed E-state index contributed by atoms with van der Waals surface area (Å²) in [5, 5.41) is 0. The molecule has 43 heavy (non-hydrogen) atoms. The molecular formula is C33H64N6O4. The Bertz CT molecular complexity index is 853. The van der Waals surface area contributed by atoms with Crippen LogP contribution in [0.5, 0.6) is 0 Å². The van der Waals surface area contributed by atoms with Crippen LogP contribution in [0.1, 0.15) is 97.1 Å². The normalized spacial score (nSPS) is 9.26. The van der Waals surface area contributed by atoms with Gasteiger partial charge >= 0.3 is 11.9 Å². The highest BCUT2D eigenvalue weighted by molar-refractivity contribution is 5.93. The van der Waals surface area contributed by atoms with Gasteiger partial charge in [-0.2, -0.15) is 0 Å². The van der Waals surface area contributed by atoms with Crippen molar-refractivity contribution >= 4 is 11.9 Å². The molecule has 1 aliphatic carbocycles. The van der Waals surface area contributed by atoms with Crippen molar-refractivity contribution in [3.05, 3.63) is 58.7 Å². The fourth-order valence-corrected chi connectivity index (χ4v) is 4.02. The van der Waals surface area contributed by atoms with Crippen LogP contribution >= 0.6 is 0 Å². The minimum Gasteiger partial charge on any atom is -0.462 e. The van der Waals surface area contributed by atoms with E-state index in [2.05, 4.69) is 48.2 Å². The Morgan fingerprint density at radius 3 is 1.16 bits per heavy atom. The van der Waals surface area contributed by atoms with Gasteiger partial charge in [-0.15, -0.1) is 0 Å². The van der Waals surface area contributed by atoms with Crippen molar-refractivity contribution in [3.63, 3.8) is 0 Å². The summed E-state index contributed by atoms with van der Waals surface area (Å²) < 4.78 is 10.8. The van der Waals surface area contributed by atoms with Crippen molar-refractivity contribution in [1.82, 2.24) is 0 Å². The monoisotopic (exact) mass is 608 g/mol. The van der Waals surface area contributed by atoms with Crippen molar-refractivity contribution in [2.75, 3.05) is 55.5 Å². The topological polar surface area (TPSA) is 209 Å². The lowest BCUT2D eigenvalue weighted by Crippen LogP contribution is -2.07. The molecule has 0 spiro atoms. The zero-order valence-corrected chi connectivity index (χ0v) is 28.3.